The summed E-state index contributed by atoms with van der Waals surface area (Å²) in [6.45, 7) is 7.89. The predicted octanol–water partition coefficient (Wildman–Crippen LogP) is 2.09. The van der Waals surface area contributed by atoms with E-state index in [2.05, 4.69) is 53.8 Å². The van der Waals surface area contributed by atoms with Gasteiger partial charge in [0.15, 0.2) is 5.96 Å². The summed E-state index contributed by atoms with van der Waals surface area (Å²) in [6, 6.07) is 8.43. The van der Waals surface area contributed by atoms with E-state index < -0.39 is 0 Å². The molecule has 0 saturated heterocycles. The Morgan fingerprint density at radius 3 is 2.75 bits per heavy atom. The second-order valence-corrected chi connectivity index (χ2v) is 7.13. The second-order valence-electron chi connectivity index (χ2n) is 7.13. The number of rotatable bonds is 8. The number of guanidine groups is 1. The third-order valence-electron chi connectivity index (χ3n) is 5.12. The third kappa shape index (κ3) is 5.03. The summed E-state index contributed by atoms with van der Waals surface area (Å²) in [5.74, 6) is 1.75. The van der Waals surface area contributed by atoms with Crippen LogP contribution in [0.1, 0.15) is 50.1 Å². The molecule has 0 bridgehead atoms. The first-order valence-electron chi connectivity index (χ1n) is 10.5. The van der Waals surface area contributed by atoms with Crippen molar-refractivity contribution in [2.75, 3.05) is 13.1 Å². The summed E-state index contributed by atoms with van der Waals surface area (Å²) in [5.41, 5.74) is 2.63. The maximum Gasteiger partial charge on any atom is 0.345 e. The number of nitrogens with one attached hydrogen (secondary N) is 2. The molecule has 0 spiro atoms. The summed E-state index contributed by atoms with van der Waals surface area (Å²) in [5, 5.41) is 11.2. The Labute approximate surface area is 166 Å². The molecular weight excluding hydrogens is 352 g/mol. The molecule has 2 aromatic rings. The van der Waals surface area contributed by atoms with Crippen molar-refractivity contribution in [2.45, 2.75) is 65.6 Å². The quantitative estimate of drug-likeness (QED) is 0.415. The zero-order valence-electron chi connectivity index (χ0n) is 17.1. The van der Waals surface area contributed by atoms with E-state index in [0.29, 0.717) is 13.1 Å². The lowest BCUT2D eigenvalue weighted by atomic mass is 10.1. The largest absolute Gasteiger partial charge is 0.357 e. The molecule has 0 aliphatic carbocycles. The van der Waals surface area contributed by atoms with Gasteiger partial charge in [0.1, 0.15) is 5.82 Å². The molecule has 7 nitrogen and oxygen atoms in total. The van der Waals surface area contributed by atoms with Crippen molar-refractivity contribution >= 4 is 5.96 Å². The molecule has 28 heavy (non-hydrogen) atoms. The number of benzene rings is 1. The molecule has 0 fully saturated rings. The Kier molecular flexibility index (Phi) is 7.28. The number of fused-ring (bicyclic) bond motifs is 1. The third-order valence-corrected chi connectivity index (χ3v) is 5.12. The van der Waals surface area contributed by atoms with Crippen LogP contribution in [0.4, 0.5) is 0 Å². The van der Waals surface area contributed by atoms with E-state index in [0.717, 1.165) is 63.5 Å². The van der Waals surface area contributed by atoms with E-state index in [4.69, 9.17) is 4.99 Å². The molecular formula is C21H32N6O. The lowest BCUT2D eigenvalue weighted by molar-refractivity contribution is 0.509. The van der Waals surface area contributed by atoms with Crippen LogP contribution in [0.2, 0.25) is 0 Å². The van der Waals surface area contributed by atoms with Gasteiger partial charge in [0.25, 0.3) is 0 Å². The van der Waals surface area contributed by atoms with Crippen molar-refractivity contribution in [2.24, 2.45) is 4.99 Å². The summed E-state index contributed by atoms with van der Waals surface area (Å²) in [4.78, 5) is 17.1. The SMILES string of the molecule is CCNC(=NCc1ccccc1CC)NCCCn1nc2n(c1=O)CCCC2. The molecule has 1 aromatic heterocycles. The Bertz CT molecular complexity index is 851. The monoisotopic (exact) mass is 384 g/mol. The molecule has 0 radical (unpaired) electrons. The van der Waals surface area contributed by atoms with E-state index in [1.165, 1.54) is 11.1 Å². The zero-order chi connectivity index (χ0) is 19.8. The molecule has 0 amide bonds. The Morgan fingerprint density at radius 2 is 2.00 bits per heavy atom. The molecule has 3 rings (SSSR count). The fourth-order valence-electron chi connectivity index (χ4n) is 3.59. The Balaban J connectivity index is 1.52. The molecule has 7 heteroatoms. The zero-order valence-corrected chi connectivity index (χ0v) is 17.1. The Morgan fingerprint density at radius 1 is 1.18 bits per heavy atom. The lowest BCUT2D eigenvalue weighted by Gasteiger charge is -2.12. The summed E-state index contributed by atoms with van der Waals surface area (Å²) >= 11 is 0. The molecule has 152 valence electrons. The van der Waals surface area contributed by atoms with Gasteiger partial charge in [-0.3, -0.25) is 4.57 Å². The van der Waals surface area contributed by atoms with Gasteiger partial charge in [-0.1, -0.05) is 31.2 Å². The minimum Gasteiger partial charge on any atom is -0.357 e. The molecule has 0 saturated carbocycles. The van der Waals surface area contributed by atoms with Crippen LogP contribution >= 0.6 is 0 Å². The first-order valence-corrected chi connectivity index (χ1v) is 10.5. The number of aryl methyl sites for hydroxylation is 3. The van der Waals surface area contributed by atoms with Crippen LogP contribution in [0, 0.1) is 0 Å². The highest BCUT2D eigenvalue weighted by molar-refractivity contribution is 5.79. The van der Waals surface area contributed by atoms with Crippen molar-refractivity contribution in [3.63, 3.8) is 0 Å². The van der Waals surface area contributed by atoms with Crippen LogP contribution < -0.4 is 16.3 Å². The molecule has 2 heterocycles. The average molecular weight is 385 g/mol. The highest BCUT2D eigenvalue weighted by atomic mass is 16.2. The maximum absolute atomic E-state index is 12.4. The smallest absolute Gasteiger partial charge is 0.345 e. The average Bonchev–Trinajstić information content (AvgIpc) is 3.05. The lowest BCUT2D eigenvalue weighted by Crippen LogP contribution is -2.38. The normalized spacial score (nSPS) is 14.0. The molecule has 1 aliphatic heterocycles. The number of hydrogen-bond acceptors (Lipinski definition) is 3. The van der Waals surface area contributed by atoms with Gasteiger partial charge in [0.05, 0.1) is 6.54 Å². The van der Waals surface area contributed by atoms with Gasteiger partial charge in [-0.15, -0.1) is 0 Å². The molecule has 1 aromatic carbocycles. The van der Waals surface area contributed by atoms with Gasteiger partial charge in [0, 0.05) is 32.6 Å². The highest BCUT2D eigenvalue weighted by Gasteiger charge is 2.16. The first-order chi connectivity index (χ1) is 13.7. The van der Waals surface area contributed by atoms with Gasteiger partial charge < -0.3 is 10.6 Å². The fraction of sp³-hybridized carbons (Fsp3) is 0.571. The van der Waals surface area contributed by atoms with E-state index >= 15 is 0 Å². The maximum atomic E-state index is 12.4. The predicted molar refractivity (Wildman–Crippen MR) is 113 cm³/mol. The van der Waals surface area contributed by atoms with Gasteiger partial charge in [-0.25, -0.2) is 14.5 Å². The van der Waals surface area contributed by atoms with Crippen molar-refractivity contribution in [1.82, 2.24) is 25.0 Å². The van der Waals surface area contributed by atoms with E-state index in [1.807, 2.05) is 4.57 Å². The fourth-order valence-corrected chi connectivity index (χ4v) is 3.59. The van der Waals surface area contributed by atoms with Crippen LogP contribution in [-0.4, -0.2) is 33.4 Å². The minimum atomic E-state index is 0.0337. The van der Waals surface area contributed by atoms with Crippen LogP contribution in [0.25, 0.3) is 0 Å². The second kappa shape index (κ2) is 10.1. The Hall–Kier alpha value is -2.57. The minimum absolute atomic E-state index is 0.0337. The van der Waals surface area contributed by atoms with Crippen molar-refractivity contribution in [3.8, 4) is 0 Å². The molecule has 0 atom stereocenters. The summed E-state index contributed by atoms with van der Waals surface area (Å²) in [6.07, 6.45) is 4.95. The molecule has 1 aliphatic rings. The highest BCUT2D eigenvalue weighted by Crippen LogP contribution is 2.11. The number of hydrogen-bond donors (Lipinski definition) is 2. The first kappa shape index (κ1) is 20.2. The van der Waals surface area contributed by atoms with Gasteiger partial charge in [-0.2, -0.15) is 5.10 Å². The molecule has 2 N–H and O–H groups in total. The van der Waals surface area contributed by atoms with Crippen LogP contribution in [0.15, 0.2) is 34.1 Å². The van der Waals surface area contributed by atoms with E-state index in [1.54, 1.807) is 4.68 Å². The van der Waals surface area contributed by atoms with Gasteiger partial charge >= 0.3 is 5.69 Å². The van der Waals surface area contributed by atoms with Gasteiger partial charge in [-0.05, 0) is 43.7 Å². The van der Waals surface area contributed by atoms with E-state index in [-0.39, 0.29) is 5.69 Å². The summed E-state index contributed by atoms with van der Waals surface area (Å²) < 4.78 is 3.44. The number of nitrogens with zero attached hydrogens (tertiary/aromatic N) is 4. The van der Waals surface area contributed by atoms with Crippen molar-refractivity contribution < 1.29 is 0 Å². The number of aromatic nitrogens is 3. The van der Waals surface area contributed by atoms with Crippen LogP contribution in [-0.2, 0) is 32.5 Å². The summed E-state index contributed by atoms with van der Waals surface area (Å²) in [7, 11) is 0. The molecule has 0 unspecified atom stereocenters. The van der Waals surface area contributed by atoms with Crippen molar-refractivity contribution in [3.05, 3.63) is 51.7 Å². The standard InChI is InChI=1S/C21H32N6O/c1-3-17-10-5-6-11-18(17)16-24-20(22-4-2)23-13-9-15-27-21(28)26-14-8-7-12-19(26)25-27/h5-6,10-11H,3-4,7-9,12-16H2,1-2H3,(H2,22,23,24). The van der Waals surface area contributed by atoms with Crippen molar-refractivity contribution in [1.29, 1.82) is 0 Å². The number of aliphatic imine (C=N–C) groups is 1. The topological polar surface area (TPSA) is 76.2 Å². The van der Waals surface area contributed by atoms with Crippen LogP contribution in [0.5, 0.6) is 0 Å². The van der Waals surface area contributed by atoms with Crippen LogP contribution in [0.3, 0.4) is 0 Å². The van der Waals surface area contributed by atoms with Gasteiger partial charge in [0.2, 0.25) is 0 Å². The van der Waals surface area contributed by atoms with E-state index in [9.17, 15) is 4.79 Å².